The van der Waals surface area contributed by atoms with Gasteiger partial charge in [0.25, 0.3) is 0 Å². The first-order valence-electron chi connectivity index (χ1n) is 9.06. The van der Waals surface area contributed by atoms with Crippen molar-refractivity contribution < 1.29 is 23.0 Å². The van der Waals surface area contributed by atoms with Crippen LogP contribution in [0.5, 0.6) is 11.5 Å². The molecule has 1 N–H and O–H groups in total. The van der Waals surface area contributed by atoms with Gasteiger partial charge in [0.05, 0.1) is 12.1 Å². The molecular formula is C21H20ClF3N2O2. The lowest BCUT2D eigenvalue weighted by molar-refractivity contribution is -0.141. The lowest BCUT2D eigenvalue weighted by Gasteiger charge is -2.31. The molecule has 3 rings (SSSR count). The number of halogens is 4. The lowest BCUT2D eigenvalue weighted by Crippen LogP contribution is -2.34. The third-order valence-corrected chi connectivity index (χ3v) is 4.75. The van der Waals surface area contributed by atoms with Crippen LogP contribution in [0.25, 0.3) is 0 Å². The van der Waals surface area contributed by atoms with Crippen LogP contribution in [0.2, 0.25) is 5.02 Å². The van der Waals surface area contributed by atoms with Gasteiger partial charge in [-0.3, -0.25) is 4.68 Å². The Bertz CT molecular complexity index is 944. The van der Waals surface area contributed by atoms with Crippen molar-refractivity contribution in [1.82, 2.24) is 9.78 Å². The molecule has 1 atom stereocenters. The molecule has 0 radical (unpaired) electrons. The van der Waals surface area contributed by atoms with E-state index in [0.717, 1.165) is 6.07 Å². The molecule has 154 valence electrons. The largest absolute Gasteiger partial charge is 0.457 e. The Morgan fingerprint density at radius 1 is 1.07 bits per heavy atom. The number of hydrogen-bond donors (Lipinski definition) is 1. The third kappa shape index (κ3) is 5.10. The number of ether oxygens (including phenoxy) is 1. The van der Waals surface area contributed by atoms with Gasteiger partial charge in [0.2, 0.25) is 0 Å². The maximum atomic E-state index is 13.9. The van der Waals surface area contributed by atoms with E-state index in [1.165, 1.54) is 23.0 Å². The number of alkyl halides is 3. The molecule has 4 nitrogen and oxygen atoms in total. The van der Waals surface area contributed by atoms with E-state index in [4.69, 9.17) is 16.3 Å². The van der Waals surface area contributed by atoms with Crippen LogP contribution in [0.4, 0.5) is 13.2 Å². The van der Waals surface area contributed by atoms with Crippen LogP contribution in [0.1, 0.15) is 30.9 Å². The molecule has 3 aromatic rings. The van der Waals surface area contributed by atoms with E-state index in [0.29, 0.717) is 17.2 Å². The number of aromatic nitrogens is 2. The highest BCUT2D eigenvalue weighted by atomic mass is 35.5. The van der Waals surface area contributed by atoms with Crippen molar-refractivity contribution in [2.24, 2.45) is 0 Å². The van der Waals surface area contributed by atoms with Gasteiger partial charge >= 0.3 is 6.18 Å². The van der Waals surface area contributed by atoms with Crippen molar-refractivity contribution in [2.45, 2.75) is 38.1 Å². The van der Waals surface area contributed by atoms with Gasteiger partial charge in [-0.05, 0) is 54.4 Å². The fourth-order valence-corrected chi connectivity index (χ4v) is 3.37. The van der Waals surface area contributed by atoms with Gasteiger partial charge in [-0.1, -0.05) is 31.0 Å². The van der Waals surface area contributed by atoms with Crippen LogP contribution in [0, 0.1) is 0 Å². The molecule has 0 aliphatic rings. The summed E-state index contributed by atoms with van der Waals surface area (Å²) in [6.45, 7) is 1.72. The fraction of sp³-hybridized carbons (Fsp3) is 0.286. The maximum Gasteiger partial charge on any atom is 0.416 e. The summed E-state index contributed by atoms with van der Waals surface area (Å²) in [6, 6.07) is 11.5. The first-order valence-corrected chi connectivity index (χ1v) is 9.44. The molecule has 2 aromatic carbocycles. The van der Waals surface area contributed by atoms with Crippen molar-refractivity contribution in [2.75, 3.05) is 0 Å². The quantitative estimate of drug-likeness (QED) is 0.503. The van der Waals surface area contributed by atoms with Gasteiger partial charge in [-0.15, -0.1) is 0 Å². The Labute approximate surface area is 171 Å². The normalized spacial score (nSPS) is 13.9. The van der Waals surface area contributed by atoms with Crippen molar-refractivity contribution in [3.05, 3.63) is 77.1 Å². The predicted molar refractivity (Wildman–Crippen MR) is 104 cm³/mol. The van der Waals surface area contributed by atoms with Crippen LogP contribution in [-0.2, 0) is 18.3 Å². The van der Waals surface area contributed by atoms with E-state index in [1.54, 1.807) is 43.5 Å². The second-order valence-electron chi connectivity index (χ2n) is 6.75. The summed E-state index contributed by atoms with van der Waals surface area (Å²) in [5.41, 5.74) is -2.87. The van der Waals surface area contributed by atoms with E-state index >= 15 is 0 Å². The van der Waals surface area contributed by atoms with E-state index < -0.39 is 17.3 Å². The van der Waals surface area contributed by atoms with Gasteiger partial charge in [-0.2, -0.15) is 18.3 Å². The average Bonchev–Trinajstić information content (AvgIpc) is 3.16. The Kier molecular flexibility index (Phi) is 6.19. The van der Waals surface area contributed by atoms with Gasteiger partial charge in [0.1, 0.15) is 17.1 Å². The minimum absolute atomic E-state index is 0.0151. The van der Waals surface area contributed by atoms with E-state index in [9.17, 15) is 18.3 Å². The number of benzene rings is 2. The predicted octanol–water partition coefficient (Wildman–Crippen LogP) is 6.04. The smallest absolute Gasteiger partial charge is 0.416 e. The molecule has 0 fully saturated rings. The molecule has 0 aliphatic heterocycles. The SMILES string of the molecule is CCCC(O)(Cn1cccn1)c1ccc(Oc2ccc(Cl)cc2)cc1C(F)(F)F. The highest BCUT2D eigenvalue weighted by Crippen LogP contribution is 2.41. The van der Waals surface area contributed by atoms with E-state index in [2.05, 4.69) is 5.10 Å². The summed E-state index contributed by atoms with van der Waals surface area (Å²) >= 11 is 5.82. The monoisotopic (exact) mass is 424 g/mol. The summed E-state index contributed by atoms with van der Waals surface area (Å²) in [7, 11) is 0. The van der Waals surface area contributed by atoms with Crippen molar-refractivity contribution in [3.63, 3.8) is 0 Å². The summed E-state index contributed by atoms with van der Waals surface area (Å²) in [4.78, 5) is 0. The minimum Gasteiger partial charge on any atom is -0.457 e. The Morgan fingerprint density at radius 3 is 2.34 bits per heavy atom. The van der Waals surface area contributed by atoms with Gasteiger partial charge in [0.15, 0.2) is 0 Å². The van der Waals surface area contributed by atoms with Crippen molar-refractivity contribution >= 4 is 11.6 Å². The summed E-state index contributed by atoms with van der Waals surface area (Å²) < 4.78 is 48.6. The Morgan fingerprint density at radius 2 is 1.76 bits per heavy atom. The average molecular weight is 425 g/mol. The number of aliphatic hydroxyl groups is 1. The second kappa shape index (κ2) is 8.47. The van der Waals surface area contributed by atoms with Crippen molar-refractivity contribution in [1.29, 1.82) is 0 Å². The highest BCUT2D eigenvalue weighted by molar-refractivity contribution is 6.30. The summed E-state index contributed by atoms with van der Waals surface area (Å²) in [6.07, 6.45) is -0.905. The minimum atomic E-state index is -4.67. The molecule has 0 saturated carbocycles. The van der Waals surface area contributed by atoms with E-state index in [1.807, 2.05) is 0 Å². The summed E-state index contributed by atoms with van der Waals surface area (Å²) in [5, 5.41) is 15.7. The standard InChI is InChI=1S/C21H20ClF3N2O2/c1-2-10-20(28,14-27-12-3-11-26-27)18-9-8-17(13-19(18)21(23,24)25)29-16-6-4-15(22)5-7-16/h3-9,11-13,28H,2,10,14H2,1H3. The molecular weight excluding hydrogens is 405 g/mol. The summed E-state index contributed by atoms with van der Waals surface area (Å²) in [5.74, 6) is 0.372. The molecule has 29 heavy (non-hydrogen) atoms. The highest BCUT2D eigenvalue weighted by Gasteiger charge is 2.41. The van der Waals surface area contributed by atoms with E-state index in [-0.39, 0.29) is 24.3 Å². The van der Waals surface area contributed by atoms with Crippen LogP contribution >= 0.6 is 11.6 Å². The third-order valence-electron chi connectivity index (χ3n) is 4.49. The van der Waals surface area contributed by atoms with Crippen LogP contribution in [0.3, 0.4) is 0 Å². The zero-order chi connectivity index (χ0) is 21.1. The van der Waals surface area contributed by atoms with Crippen LogP contribution < -0.4 is 4.74 Å². The van der Waals surface area contributed by atoms with Crippen LogP contribution in [0.15, 0.2) is 60.9 Å². The van der Waals surface area contributed by atoms with Crippen molar-refractivity contribution in [3.8, 4) is 11.5 Å². The maximum absolute atomic E-state index is 13.9. The fourth-order valence-electron chi connectivity index (χ4n) is 3.24. The van der Waals surface area contributed by atoms with Gasteiger partial charge in [0, 0.05) is 17.4 Å². The molecule has 0 bridgehead atoms. The first kappa shape index (κ1) is 21.2. The zero-order valence-electron chi connectivity index (χ0n) is 15.7. The number of hydrogen-bond acceptors (Lipinski definition) is 3. The second-order valence-corrected chi connectivity index (χ2v) is 7.18. The molecule has 0 aliphatic carbocycles. The number of nitrogens with zero attached hydrogens (tertiary/aromatic N) is 2. The molecule has 0 saturated heterocycles. The van der Waals surface area contributed by atoms with Crippen LogP contribution in [-0.4, -0.2) is 14.9 Å². The topological polar surface area (TPSA) is 47.3 Å². The molecule has 0 spiro atoms. The molecule has 0 amide bonds. The zero-order valence-corrected chi connectivity index (χ0v) is 16.4. The first-order chi connectivity index (χ1) is 13.7. The number of rotatable bonds is 7. The molecule has 1 heterocycles. The Balaban J connectivity index is 2.01. The molecule has 1 unspecified atom stereocenters. The molecule has 8 heteroatoms. The lowest BCUT2D eigenvalue weighted by atomic mass is 9.85. The van der Waals surface area contributed by atoms with Gasteiger partial charge < -0.3 is 9.84 Å². The van der Waals surface area contributed by atoms with Gasteiger partial charge in [-0.25, -0.2) is 0 Å². The Hall–Kier alpha value is -2.51. The molecule has 1 aromatic heterocycles.